The Morgan fingerprint density at radius 3 is 2.48 bits per heavy atom. The fraction of sp³-hybridized carbons (Fsp3) is 0.318. The third-order valence-corrected chi connectivity index (χ3v) is 6.08. The summed E-state index contributed by atoms with van der Waals surface area (Å²) >= 11 is 5.89. The number of likely N-dealkylation sites (tertiary alicyclic amines) is 1. The summed E-state index contributed by atoms with van der Waals surface area (Å²) in [5.74, 6) is -0.677. The number of amides is 5. The van der Waals surface area contributed by atoms with Crippen LogP contribution in [0.25, 0.3) is 0 Å². The number of piperidine rings is 1. The standard InChI is InChI=1S/C22H22ClFN4O3/c1-14-2-7-17(12-18(14)24)25-20(30)27-10-8-22(9-11-27)19(29)28(21(31)26-22)13-15-3-5-16(23)6-4-15/h2-7,12H,8-11,13H2,1H3,(H,25,30)(H,26,31). The van der Waals surface area contributed by atoms with Gasteiger partial charge in [0.2, 0.25) is 0 Å². The van der Waals surface area contributed by atoms with Crippen LogP contribution in [0.4, 0.5) is 19.7 Å². The van der Waals surface area contributed by atoms with Crippen LogP contribution in [0.5, 0.6) is 0 Å². The third kappa shape index (κ3) is 4.20. The van der Waals surface area contributed by atoms with Gasteiger partial charge in [-0.3, -0.25) is 9.69 Å². The van der Waals surface area contributed by atoms with Crippen molar-refractivity contribution < 1.29 is 18.8 Å². The second-order valence-corrected chi connectivity index (χ2v) is 8.35. The van der Waals surface area contributed by atoms with Crippen molar-refractivity contribution in [3.63, 3.8) is 0 Å². The molecule has 0 aliphatic carbocycles. The van der Waals surface area contributed by atoms with Gasteiger partial charge in [-0.1, -0.05) is 29.8 Å². The Bertz CT molecular complexity index is 1040. The van der Waals surface area contributed by atoms with E-state index in [1.807, 2.05) is 0 Å². The molecular weight excluding hydrogens is 423 g/mol. The van der Waals surface area contributed by atoms with Gasteiger partial charge in [0.15, 0.2) is 0 Å². The van der Waals surface area contributed by atoms with Gasteiger partial charge in [-0.25, -0.2) is 14.0 Å². The number of carbonyl (C=O) groups excluding carboxylic acids is 3. The molecule has 7 nitrogen and oxygen atoms in total. The van der Waals surface area contributed by atoms with Gasteiger partial charge in [0.05, 0.1) is 6.54 Å². The number of nitrogens with one attached hydrogen (secondary N) is 2. The summed E-state index contributed by atoms with van der Waals surface area (Å²) in [7, 11) is 0. The molecule has 4 rings (SSSR count). The number of hydrogen-bond donors (Lipinski definition) is 2. The maximum atomic E-state index is 13.7. The SMILES string of the molecule is Cc1ccc(NC(=O)N2CCC3(CC2)NC(=O)N(Cc2ccc(Cl)cc2)C3=O)cc1F. The topological polar surface area (TPSA) is 81.8 Å². The Balaban J connectivity index is 1.38. The van der Waals surface area contributed by atoms with Gasteiger partial charge >= 0.3 is 12.1 Å². The van der Waals surface area contributed by atoms with E-state index in [-0.39, 0.29) is 18.5 Å². The van der Waals surface area contributed by atoms with Crippen LogP contribution in [0.2, 0.25) is 5.02 Å². The number of rotatable bonds is 3. The van der Waals surface area contributed by atoms with Crippen LogP contribution in [0.1, 0.15) is 24.0 Å². The maximum Gasteiger partial charge on any atom is 0.325 e. The summed E-state index contributed by atoms with van der Waals surface area (Å²) in [5.41, 5.74) is 0.660. The number of nitrogens with zero attached hydrogens (tertiary/aromatic N) is 2. The number of urea groups is 2. The summed E-state index contributed by atoms with van der Waals surface area (Å²) in [6.07, 6.45) is 0.620. The molecule has 0 saturated carbocycles. The predicted octanol–water partition coefficient (Wildman–Crippen LogP) is 3.91. The van der Waals surface area contributed by atoms with Crippen LogP contribution < -0.4 is 10.6 Å². The highest BCUT2D eigenvalue weighted by atomic mass is 35.5. The third-order valence-electron chi connectivity index (χ3n) is 5.83. The van der Waals surface area contributed by atoms with Crippen LogP contribution in [-0.2, 0) is 11.3 Å². The number of aryl methyl sites for hydroxylation is 1. The zero-order valence-corrected chi connectivity index (χ0v) is 17.7. The molecule has 2 aromatic rings. The maximum absolute atomic E-state index is 13.7. The van der Waals surface area contributed by atoms with Crippen molar-refractivity contribution in [2.75, 3.05) is 18.4 Å². The molecule has 162 valence electrons. The fourth-order valence-electron chi connectivity index (χ4n) is 3.90. The lowest BCUT2D eigenvalue weighted by Crippen LogP contribution is -2.56. The van der Waals surface area contributed by atoms with Crippen molar-refractivity contribution in [1.82, 2.24) is 15.1 Å². The van der Waals surface area contributed by atoms with Gasteiger partial charge in [-0.15, -0.1) is 0 Å². The molecule has 2 fully saturated rings. The second kappa shape index (κ2) is 8.19. The van der Waals surface area contributed by atoms with Crippen LogP contribution in [0.3, 0.4) is 0 Å². The highest BCUT2D eigenvalue weighted by Gasteiger charge is 2.52. The van der Waals surface area contributed by atoms with Crippen molar-refractivity contribution in [2.45, 2.75) is 31.8 Å². The molecule has 5 amide bonds. The van der Waals surface area contributed by atoms with Crippen molar-refractivity contribution >= 4 is 35.3 Å². The summed E-state index contributed by atoms with van der Waals surface area (Å²) < 4.78 is 13.7. The average Bonchev–Trinajstić information content (AvgIpc) is 2.97. The van der Waals surface area contributed by atoms with E-state index in [2.05, 4.69) is 10.6 Å². The molecule has 2 saturated heterocycles. The number of hydrogen-bond acceptors (Lipinski definition) is 3. The van der Waals surface area contributed by atoms with Gasteiger partial charge in [-0.05, 0) is 55.2 Å². The smallest absolute Gasteiger partial charge is 0.324 e. The minimum atomic E-state index is -1.00. The second-order valence-electron chi connectivity index (χ2n) is 7.91. The van der Waals surface area contributed by atoms with Crippen LogP contribution in [-0.4, -0.2) is 46.4 Å². The Labute approximate surface area is 184 Å². The molecule has 0 bridgehead atoms. The number of imide groups is 1. The van der Waals surface area contributed by atoms with Gasteiger partial charge in [-0.2, -0.15) is 0 Å². The van der Waals surface area contributed by atoms with Crippen molar-refractivity contribution in [3.8, 4) is 0 Å². The molecule has 2 N–H and O–H groups in total. The lowest BCUT2D eigenvalue weighted by Gasteiger charge is -2.37. The molecule has 0 unspecified atom stereocenters. The summed E-state index contributed by atoms with van der Waals surface area (Å²) in [6, 6.07) is 10.7. The molecule has 2 aliphatic rings. The van der Waals surface area contributed by atoms with E-state index in [1.165, 1.54) is 11.0 Å². The first-order valence-electron chi connectivity index (χ1n) is 9.98. The first-order chi connectivity index (χ1) is 14.8. The molecular formula is C22H22ClFN4O3. The number of benzene rings is 2. The van der Waals surface area contributed by atoms with Crippen LogP contribution >= 0.6 is 11.6 Å². The zero-order chi connectivity index (χ0) is 22.2. The van der Waals surface area contributed by atoms with E-state index in [1.54, 1.807) is 48.2 Å². The molecule has 0 aromatic heterocycles. The van der Waals surface area contributed by atoms with E-state index in [0.29, 0.717) is 42.2 Å². The summed E-state index contributed by atoms with van der Waals surface area (Å²) in [5, 5.41) is 6.09. The first kappa shape index (κ1) is 21.1. The van der Waals surface area contributed by atoms with Crippen molar-refractivity contribution in [2.24, 2.45) is 0 Å². The van der Waals surface area contributed by atoms with Gasteiger partial charge < -0.3 is 15.5 Å². The van der Waals surface area contributed by atoms with Gasteiger partial charge in [0, 0.05) is 23.8 Å². The largest absolute Gasteiger partial charge is 0.325 e. The summed E-state index contributed by atoms with van der Waals surface area (Å²) in [4.78, 5) is 40.8. The number of halogens is 2. The lowest BCUT2D eigenvalue weighted by atomic mass is 9.87. The monoisotopic (exact) mass is 444 g/mol. The van der Waals surface area contributed by atoms with E-state index in [9.17, 15) is 18.8 Å². The first-order valence-corrected chi connectivity index (χ1v) is 10.4. The normalized spacial score (nSPS) is 17.8. The van der Waals surface area contributed by atoms with Gasteiger partial charge in [0.1, 0.15) is 11.4 Å². The lowest BCUT2D eigenvalue weighted by molar-refractivity contribution is -0.133. The van der Waals surface area contributed by atoms with Gasteiger partial charge in [0.25, 0.3) is 5.91 Å². The Kier molecular flexibility index (Phi) is 5.58. The van der Waals surface area contributed by atoms with Crippen LogP contribution in [0.15, 0.2) is 42.5 Å². The minimum absolute atomic E-state index is 0.159. The Morgan fingerprint density at radius 2 is 1.84 bits per heavy atom. The Hall–Kier alpha value is -3.13. The molecule has 31 heavy (non-hydrogen) atoms. The molecule has 2 aliphatic heterocycles. The zero-order valence-electron chi connectivity index (χ0n) is 17.0. The molecule has 0 radical (unpaired) electrons. The molecule has 0 atom stereocenters. The fourth-order valence-corrected chi connectivity index (χ4v) is 4.02. The van der Waals surface area contributed by atoms with Crippen LogP contribution in [0, 0.1) is 12.7 Å². The van der Waals surface area contributed by atoms with E-state index in [0.717, 1.165) is 5.56 Å². The van der Waals surface area contributed by atoms with E-state index >= 15 is 0 Å². The molecule has 2 heterocycles. The van der Waals surface area contributed by atoms with Crippen molar-refractivity contribution in [3.05, 3.63) is 64.4 Å². The number of carbonyl (C=O) groups is 3. The van der Waals surface area contributed by atoms with E-state index < -0.39 is 17.4 Å². The molecule has 1 spiro atoms. The average molecular weight is 445 g/mol. The quantitative estimate of drug-likeness (QED) is 0.704. The molecule has 9 heteroatoms. The highest BCUT2D eigenvalue weighted by molar-refractivity contribution is 6.30. The van der Waals surface area contributed by atoms with E-state index in [4.69, 9.17) is 11.6 Å². The predicted molar refractivity (Wildman–Crippen MR) is 114 cm³/mol. The molecule has 2 aromatic carbocycles. The Morgan fingerprint density at radius 1 is 1.16 bits per heavy atom. The highest BCUT2D eigenvalue weighted by Crippen LogP contribution is 2.31. The summed E-state index contributed by atoms with van der Waals surface area (Å²) in [6.45, 7) is 2.39. The number of anilines is 1. The minimum Gasteiger partial charge on any atom is -0.324 e. The van der Waals surface area contributed by atoms with Crippen molar-refractivity contribution in [1.29, 1.82) is 0 Å².